The van der Waals surface area contributed by atoms with Gasteiger partial charge in [-0.15, -0.1) is 11.3 Å². The summed E-state index contributed by atoms with van der Waals surface area (Å²) in [5.74, 6) is -0.364. The number of carbonyl (C=O) groups is 1. The Morgan fingerprint density at radius 3 is 2.57 bits per heavy atom. The Kier molecular flexibility index (Phi) is 5.64. The van der Waals surface area contributed by atoms with Crippen LogP contribution in [0.5, 0.6) is 0 Å². The highest BCUT2D eigenvalue weighted by atomic mass is 32.1. The minimum Gasteiger partial charge on any atom is -0.455 e. The minimum absolute atomic E-state index is 0.000532. The van der Waals surface area contributed by atoms with Gasteiger partial charge >= 0.3 is 12.1 Å². The van der Waals surface area contributed by atoms with Gasteiger partial charge in [-0.2, -0.15) is 29.5 Å². The summed E-state index contributed by atoms with van der Waals surface area (Å²) >= 11 is 3.01. The number of alkyl halides is 3. The molecule has 0 saturated heterocycles. The molecule has 0 unspecified atom stereocenters. The van der Waals surface area contributed by atoms with Crippen molar-refractivity contribution < 1.29 is 27.2 Å². The van der Waals surface area contributed by atoms with E-state index in [1.807, 2.05) is 16.8 Å². The first-order chi connectivity index (χ1) is 14.4. The van der Waals surface area contributed by atoms with E-state index in [1.54, 1.807) is 16.7 Å². The van der Waals surface area contributed by atoms with Crippen molar-refractivity contribution in [3.05, 3.63) is 63.6 Å². The summed E-state index contributed by atoms with van der Waals surface area (Å²) in [7, 11) is 0. The molecule has 6 nitrogen and oxygen atoms in total. The van der Waals surface area contributed by atoms with Crippen molar-refractivity contribution in [1.82, 2.24) is 15.1 Å². The standard InChI is InChI=1S/C19H12F3N3O3S2/c20-19(21,22)13-3-1-11(2-4-13)17-24-15(28-25-17)8-27-16(26)7-14-10-30-18(23-14)12-5-6-29-9-12/h1-6,9-10H,7-8H2. The molecule has 4 rings (SSSR count). The van der Waals surface area contributed by atoms with Crippen molar-refractivity contribution >= 4 is 28.6 Å². The highest BCUT2D eigenvalue weighted by Gasteiger charge is 2.30. The number of thiazole rings is 1. The summed E-state index contributed by atoms with van der Waals surface area (Å²) in [4.78, 5) is 20.5. The van der Waals surface area contributed by atoms with Crippen LogP contribution in [0.4, 0.5) is 13.2 Å². The van der Waals surface area contributed by atoms with E-state index in [0.717, 1.165) is 22.7 Å². The molecule has 0 spiro atoms. The summed E-state index contributed by atoms with van der Waals surface area (Å²) in [5, 5.41) is 10.3. The minimum atomic E-state index is -4.42. The number of aromatic nitrogens is 3. The van der Waals surface area contributed by atoms with Gasteiger partial charge in [0.1, 0.15) is 5.01 Å². The van der Waals surface area contributed by atoms with E-state index in [2.05, 4.69) is 15.1 Å². The monoisotopic (exact) mass is 451 g/mol. The first-order valence-corrected chi connectivity index (χ1v) is 10.3. The van der Waals surface area contributed by atoms with Crippen LogP contribution in [0.15, 0.2) is 51.0 Å². The maximum absolute atomic E-state index is 12.6. The predicted molar refractivity (Wildman–Crippen MR) is 104 cm³/mol. The molecule has 3 heterocycles. The van der Waals surface area contributed by atoms with Crippen molar-refractivity contribution in [3.63, 3.8) is 0 Å². The van der Waals surface area contributed by atoms with Crippen LogP contribution >= 0.6 is 22.7 Å². The van der Waals surface area contributed by atoms with Gasteiger partial charge in [0.05, 0.1) is 17.7 Å². The number of hydrogen-bond donors (Lipinski definition) is 0. The molecule has 1 aromatic carbocycles. The molecule has 3 aromatic heterocycles. The van der Waals surface area contributed by atoms with Crippen LogP contribution in [0.1, 0.15) is 17.1 Å². The first kappa shape index (κ1) is 20.2. The average molecular weight is 451 g/mol. The van der Waals surface area contributed by atoms with Gasteiger partial charge < -0.3 is 9.26 Å². The number of nitrogens with zero attached hydrogens (tertiary/aromatic N) is 3. The summed E-state index contributed by atoms with van der Waals surface area (Å²) < 4.78 is 48.0. The molecule has 0 saturated carbocycles. The molecule has 0 aliphatic rings. The third-order valence-corrected chi connectivity index (χ3v) is 5.56. The van der Waals surface area contributed by atoms with Gasteiger partial charge in [0, 0.05) is 21.9 Å². The number of rotatable bonds is 6. The lowest BCUT2D eigenvalue weighted by Gasteiger charge is -2.05. The number of benzene rings is 1. The predicted octanol–water partition coefficient (Wildman–Crippen LogP) is 5.23. The second-order valence-corrected chi connectivity index (χ2v) is 7.72. The molecule has 0 bridgehead atoms. The topological polar surface area (TPSA) is 78.1 Å². The molecule has 0 fully saturated rings. The first-order valence-electron chi connectivity index (χ1n) is 8.51. The molecule has 0 aliphatic heterocycles. The molecule has 154 valence electrons. The van der Waals surface area contributed by atoms with Crippen LogP contribution in [0, 0.1) is 0 Å². The van der Waals surface area contributed by atoms with E-state index in [0.29, 0.717) is 11.3 Å². The Balaban J connectivity index is 1.32. The van der Waals surface area contributed by atoms with Crippen LogP contribution in [0.2, 0.25) is 0 Å². The summed E-state index contributed by atoms with van der Waals surface area (Å²) in [6, 6.07) is 6.32. The molecule has 0 amide bonds. The van der Waals surface area contributed by atoms with Gasteiger partial charge in [-0.25, -0.2) is 4.98 Å². The quantitative estimate of drug-likeness (QED) is 0.374. The molecular formula is C19H12F3N3O3S2. The SMILES string of the molecule is O=C(Cc1csc(-c2ccsc2)n1)OCc1nc(-c2ccc(C(F)(F)F)cc2)no1. The number of halogens is 3. The maximum atomic E-state index is 12.6. The second-order valence-electron chi connectivity index (χ2n) is 6.08. The molecule has 4 aromatic rings. The summed E-state index contributed by atoms with van der Waals surface area (Å²) in [6.07, 6.45) is -4.42. The van der Waals surface area contributed by atoms with Crippen molar-refractivity contribution in [2.45, 2.75) is 19.2 Å². The second kappa shape index (κ2) is 8.36. The zero-order chi connectivity index (χ0) is 21.1. The Hall–Kier alpha value is -3.05. The largest absolute Gasteiger partial charge is 0.455 e. The molecule has 0 N–H and O–H groups in total. The van der Waals surface area contributed by atoms with E-state index >= 15 is 0 Å². The van der Waals surface area contributed by atoms with Crippen molar-refractivity contribution in [1.29, 1.82) is 0 Å². The number of hydrogen-bond acceptors (Lipinski definition) is 8. The fourth-order valence-corrected chi connectivity index (χ4v) is 4.02. The summed E-state index contributed by atoms with van der Waals surface area (Å²) in [6.45, 7) is -0.242. The van der Waals surface area contributed by atoms with Gasteiger partial charge in [0.25, 0.3) is 5.89 Å². The molecule has 0 aliphatic carbocycles. The van der Waals surface area contributed by atoms with Crippen LogP contribution in [0.25, 0.3) is 22.0 Å². The fraction of sp³-hybridized carbons (Fsp3) is 0.158. The smallest absolute Gasteiger partial charge is 0.416 e. The zero-order valence-corrected chi connectivity index (χ0v) is 16.7. The van der Waals surface area contributed by atoms with E-state index in [9.17, 15) is 18.0 Å². The number of thiophene rings is 1. The number of ether oxygens (including phenoxy) is 1. The number of esters is 1. The van der Waals surface area contributed by atoms with Gasteiger partial charge in [0.2, 0.25) is 5.82 Å². The Bertz CT molecular complexity index is 1140. The highest BCUT2D eigenvalue weighted by molar-refractivity contribution is 7.14. The van der Waals surface area contributed by atoms with Crippen molar-refractivity contribution in [3.8, 4) is 22.0 Å². The Morgan fingerprint density at radius 1 is 1.07 bits per heavy atom. The van der Waals surface area contributed by atoms with Crippen LogP contribution < -0.4 is 0 Å². The average Bonchev–Trinajstić information content (AvgIpc) is 3.47. The normalized spacial score (nSPS) is 11.6. The Morgan fingerprint density at radius 2 is 1.87 bits per heavy atom. The fourth-order valence-electron chi connectivity index (χ4n) is 2.49. The van der Waals surface area contributed by atoms with Gasteiger partial charge in [0.15, 0.2) is 6.61 Å². The van der Waals surface area contributed by atoms with Crippen LogP contribution in [-0.4, -0.2) is 21.1 Å². The van der Waals surface area contributed by atoms with Gasteiger partial charge in [-0.05, 0) is 23.6 Å². The van der Waals surface area contributed by atoms with Crippen LogP contribution in [-0.2, 0) is 28.7 Å². The molecule has 0 atom stereocenters. The van der Waals surface area contributed by atoms with E-state index in [1.165, 1.54) is 23.5 Å². The van der Waals surface area contributed by atoms with Gasteiger partial charge in [-0.1, -0.05) is 17.3 Å². The lowest BCUT2D eigenvalue weighted by molar-refractivity contribution is -0.145. The molecular weight excluding hydrogens is 439 g/mol. The van der Waals surface area contributed by atoms with Gasteiger partial charge in [-0.3, -0.25) is 4.79 Å². The lowest BCUT2D eigenvalue weighted by atomic mass is 10.1. The number of carbonyl (C=O) groups excluding carboxylic acids is 1. The Labute approximate surface area is 176 Å². The van der Waals surface area contributed by atoms with Crippen LogP contribution in [0.3, 0.4) is 0 Å². The zero-order valence-electron chi connectivity index (χ0n) is 15.0. The third kappa shape index (κ3) is 4.74. The summed E-state index contributed by atoms with van der Waals surface area (Å²) in [5.41, 5.74) is 1.19. The van der Waals surface area contributed by atoms with E-state index < -0.39 is 17.7 Å². The van der Waals surface area contributed by atoms with Crippen molar-refractivity contribution in [2.75, 3.05) is 0 Å². The third-order valence-electron chi connectivity index (χ3n) is 3.94. The van der Waals surface area contributed by atoms with Crippen molar-refractivity contribution in [2.24, 2.45) is 0 Å². The van der Waals surface area contributed by atoms with E-state index in [-0.39, 0.29) is 24.7 Å². The maximum Gasteiger partial charge on any atom is 0.416 e. The molecule has 11 heteroatoms. The molecule has 30 heavy (non-hydrogen) atoms. The molecule has 0 radical (unpaired) electrons. The lowest BCUT2D eigenvalue weighted by Crippen LogP contribution is -2.08. The van der Waals surface area contributed by atoms with E-state index in [4.69, 9.17) is 9.26 Å². The highest BCUT2D eigenvalue weighted by Crippen LogP contribution is 2.30.